The lowest BCUT2D eigenvalue weighted by molar-refractivity contribution is -0.116. The van der Waals surface area contributed by atoms with E-state index < -0.39 is 0 Å². The Bertz CT molecular complexity index is 1080. The van der Waals surface area contributed by atoms with E-state index in [1.807, 2.05) is 36.4 Å². The Morgan fingerprint density at radius 2 is 1.64 bits per heavy atom. The Morgan fingerprint density at radius 1 is 1.00 bits per heavy atom. The summed E-state index contributed by atoms with van der Waals surface area (Å²) in [6, 6.07) is 14.6. The molecule has 0 radical (unpaired) electrons. The van der Waals surface area contributed by atoms with Crippen LogP contribution < -0.4 is 10.9 Å². The number of carbonyl (C=O) groups is 1. The lowest BCUT2D eigenvalue weighted by atomic mass is 9.87. The van der Waals surface area contributed by atoms with Crippen LogP contribution in [0.2, 0.25) is 10.0 Å². The maximum atomic E-state index is 12.8. The number of amides is 1. The molecule has 1 aliphatic rings. The van der Waals surface area contributed by atoms with Gasteiger partial charge in [0.2, 0.25) is 5.91 Å². The summed E-state index contributed by atoms with van der Waals surface area (Å²) in [5.41, 5.74) is 2.13. The Morgan fingerprint density at radius 3 is 2.32 bits per heavy atom. The van der Waals surface area contributed by atoms with Crippen molar-refractivity contribution >= 4 is 46.7 Å². The Labute approximate surface area is 175 Å². The van der Waals surface area contributed by atoms with Crippen molar-refractivity contribution in [2.75, 3.05) is 5.32 Å². The monoisotopic (exact) mass is 431 g/mol. The first-order chi connectivity index (χ1) is 13.5. The first-order valence-electron chi connectivity index (χ1n) is 8.56. The molecule has 1 amide bonds. The van der Waals surface area contributed by atoms with E-state index in [1.54, 1.807) is 12.1 Å². The first kappa shape index (κ1) is 19.1. The number of benzene rings is 2. The Balaban J connectivity index is 1.63. The lowest BCUT2D eigenvalue weighted by Gasteiger charge is -2.24. The predicted molar refractivity (Wildman–Crippen MR) is 112 cm³/mol. The largest absolute Gasteiger partial charge is 0.310 e. The van der Waals surface area contributed by atoms with E-state index in [9.17, 15) is 9.59 Å². The number of thioether (sulfide) groups is 1. The van der Waals surface area contributed by atoms with Crippen LogP contribution in [0.5, 0.6) is 0 Å². The number of aromatic nitrogens is 2. The zero-order valence-electron chi connectivity index (χ0n) is 14.5. The summed E-state index contributed by atoms with van der Waals surface area (Å²) in [4.78, 5) is 32.3. The Kier molecular flexibility index (Phi) is 5.44. The molecule has 4 rings (SSSR count). The summed E-state index contributed by atoms with van der Waals surface area (Å²) in [6.45, 7) is 0. The number of hydrogen-bond acceptors (Lipinski definition) is 4. The molecule has 0 saturated carbocycles. The SMILES string of the molecule is O=C1CC(c2ccc(Cl)cc2)c2c(nc(SCc3ccc(Cl)cc3)[nH]c2=O)N1. The third-order valence-corrected chi connectivity index (χ3v) is 5.94. The van der Waals surface area contributed by atoms with Crippen LogP contribution in [-0.4, -0.2) is 15.9 Å². The van der Waals surface area contributed by atoms with Crippen molar-refractivity contribution in [3.63, 3.8) is 0 Å². The molecule has 0 spiro atoms. The van der Waals surface area contributed by atoms with Crippen molar-refractivity contribution in [3.05, 3.63) is 85.6 Å². The molecule has 1 aromatic heterocycles. The molecular weight excluding hydrogens is 417 g/mol. The van der Waals surface area contributed by atoms with Crippen molar-refractivity contribution < 1.29 is 4.79 Å². The third-order valence-electron chi connectivity index (χ3n) is 4.49. The second-order valence-electron chi connectivity index (χ2n) is 6.40. The molecule has 28 heavy (non-hydrogen) atoms. The number of aromatic amines is 1. The van der Waals surface area contributed by atoms with Crippen LogP contribution in [0.3, 0.4) is 0 Å². The number of nitrogens with zero attached hydrogens (tertiary/aromatic N) is 1. The van der Waals surface area contributed by atoms with Gasteiger partial charge in [-0.2, -0.15) is 0 Å². The van der Waals surface area contributed by atoms with Gasteiger partial charge in [-0.3, -0.25) is 9.59 Å². The molecule has 0 bridgehead atoms. The number of fused-ring (bicyclic) bond motifs is 1. The van der Waals surface area contributed by atoms with Crippen molar-refractivity contribution in [3.8, 4) is 0 Å². The number of rotatable bonds is 4. The molecule has 1 unspecified atom stereocenters. The molecule has 142 valence electrons. The highest BCUT2D eigenvalue weighted by atomic mass is 35.5. The molecule has 0 fully saturated rings. The zero-order chi connectivity index (χ0) is 19.7. The highest BCUT2D eigenvalue weighted by Crippen LogP contribution is 2.35. The van der Waals surface area contributed by atoms with Crippen LogP contribution in [0.25, 0.3) is 0 Å². The van der Waals surface area contributed by atoms with Gasteiger partial charge in [-0.15, -0.1) is 0 Å². The van der Waals surface area contributed by atoms with Gasteiger partial charge in [0, 0.05) is 28.1 Å². The minimum atomic E-state index is -0.354. The maximum absolute atomic E-state index is 12.8. The normalized spacial score (nSPS) is 15.8. The van der Waals surface area contributed by atoms with E-state index in [-0.39, 0.29) is 23.8 Å². The van der Waals surface area contributed by atoms with Gasteiger partial charge in [-0.05, 0) is 35.4 Å². The van der Waals surface area contributed by atoms with Crippen LogP contribution in [-0.2, 0) is 10.5 Å². The van der Waals surface area contributed by atoms with Gasteiger partial charge in [-0.25, -0.2) is 4.98 Å². The van der Waals surface area contributed by atoms with Crippen molar-refractivity contribution in [1.82, 2.24) is 9.97 Å². The molecular formula is C20H15Cl2N3O2S. The number of anilines is 1. The maximum Gasteiger partial charge on any atom is 0.257 e. The van der Waals surface area contributed by atoms with E-state index in [4.69, 9.17) is 23.2 Å². The molecule has 2 heterocycles. The first-order valence-corrected chi connectivity index (χ1v) is 10.3. The van der Waals surface area contributed by atoms with Crippen LogP contribution in [0.1, 0.15) is 29.0 Å². The Hall–Kier alpha value is -2.28. The smallest absolute Gasteiger partial charge is 0.257 e. The predicted octanol–water partition coefficient (Wildman–Crippen LogP) is 4.84. The van der Waals surface area contributed by atoms with E-state index in [0.29, 0.717) is 32.3 Å². The highest BCUT2D eigenvalue weighted by Gasteiger charge is 2.30. The quantitative estimate of drug-likeness (QED) is 0.457. The number of nitrogens with one attached hydrogen (secondary N) is 2. The summed E-state index contributed by atoms with van der Waals surface area (Å²) in [5, 5.41) is 4.46. The molecule has 5 nitrogen and oxygen atoms in total. The van der Waals surface area contributed by atoms with E-state index in [2.05, 4.69) is 15.3 Å². The van der Waals surface area contributed by atoms with Crippen molar-refractivity contribution in [2.24, 2.45) is 0 Å². The van der Waals surface area contributed by atoms with Gasteiger partial charge in [0.25, 0.3) is 5.56 Å². The van der Waals surface area contributed by atoms with Gasteiger partial charge in [0.1, 0.15) is 5.82 Å². The highest BCUT2D eigenvalue weighted by molar-refractivity contribution is 7.98. The average Bonchev–Trinajstić information content (AvgIpc) is 2.67. The molecule has 1 aliphatic heterocycles. The van der Waals surface area contributed by atoms with Gasteiger partial charge in [0.05, 0.1) is 5.56 Å². The van der Waals surface area contributed by atoms with Crippen LogP contribution in [0.4, 0.5) is 5.82 Å². The minimum absolute atomic E-state index is 0.167. The van der Waals surface area contributed by atoms with E-state index >= 15 is 0 Å². The number of hydrogen-bond donors (Lipinski definition) is 2. The molecule has 3 aromatic rings. The second kappa shape index (κ2) is 7.99. The summed E-state index contributed by atoms with van der Waals surface area (Å²) >= 11 is 13.2. The van der Waals surface area contributed by atoms with E-state index in [1.165, 1.54) is 11.8 Å². The topological polar surface area (TPSA) is 74.8 Å². The van der Waals surface area contributed by atoms with Gasteiger partial charge >= 0.3 is 0 Å². The number of H-pyrrole nitrogens is 1. The summed E-state index contributed by atoms with van der Waals surface area (Å²) in [6.07, 6.45) is 0.191. The van der Waals surface area contributed by atoms with Gasteiger partial charge in [0.15, 0.2) is 5.16 Å². The average molecular weight is 432 g/mol. The summed E-state index contributed by atoms with van der Waals surface area (Å²) in [7, 11) is 0. The van der Waals surface area contributed by atoms with Gasteiger partial charge in [-0.1, -0.05) is 59.2 Å². The van der Waals surface area contributed by atoms with E-state index in [0.717, 1.165) is 11.1 Å². The fraction of sp³-hybridized carbons (Fsp3) is 0.150. The standard InChI is InChI=1S/C20H15Cl2N3O2S/c21-13-5-1-11(2-6-13)10-28-20-24-18-17(19(27)25-20)15(9-16(26)23-18)12-3-7-14(22)8-4-12/h1-8,15H,9-10H2,(H2,23,24,25,26,27). The van der Waals surface area contributed by atoms with Crippen LogP contribution in [0, 0.1) is 0 Å². The molecule has 1 atom stereocenters. The fourth-order valence-corrected chi connectivity index (χ4v) is 4.20. The van der Waals surface area contributed by atoms with Crippen molar-refractivity contribution in [1.29, 1.82) is 0 Å². The molecule has 2 aromatic carbocycles. The number of halogens is 2. The molecule has 0 aliphatic carbocycles. The van der Waals surface area contributed by atoms with Crippen LogP contribution >= 0.6 is 35.0 Å². The van der Waals surface area contributed by atoms with Gasteiger partial charge < -0.3 is 10.3 Å². The van der Waals surface area contributed by atoms with Crippen molar-refractivity contribution in [2.45, 2.75) is 23.2 Å². The lowest BCUT2D eigenvalue weighted by Crippen LogP contribution is -2.31. The summed E-state index contributed by atoms with van der Waals surface area (Å²) < 4.78 is 0. The minimum Gasteiger partial charge on any atom is -0.310 e. The third kappa shape index (κ3) is 4.09. The fourth-order valence-electron chi connectivity index (χ4n) is 3.13. The van der Waals surface area contributed by atoms with Crippen LogP contribution in [0.15, 0.2) is 58.5 Å². The number of carbonyl (C=O) groups excluding carboxylic acids is 1. The molecule has 2 N–H and O–H groups in total. The summed E-state index contributed by atoms with van der Waals surface area (Å²) in [5.74, 6) is 0.415. The molecule has 0 saturated heterocycles. The zero-order valence-corrected chi connectivity index (χ0v) is 16.9. The second-order valence-corrected chi connectivity index (χ2v) is 8.24. The molecule has 8 heteroatoms.